The summed E-state index contributed by atoms with van der Waals surface area (Å²) in [5.74, 6) is 0.714. The molecular formula is C74H80O17. The average molecular weight is 1240 g/mol. The van der Waals surface area contributed by atoms with Crippen molar-refractivity contribution in [3.05, 3.63) is 245 Å². The summed E-state index contributed by atoms with van der Waals surface area (Å²) in [7, 11) is 1.65. The lowest BCUT2D eigenvalue weighted by Crippen LogP contribution is -2.69. The molecule has 1 saturated carbocycles. The summed E-state index contributed by atoms with van der Waals surface area (Å²) in [5.41, 5.74) is 6.26. The number of rotatable bonds is 22. The van der Waals surface area contributed by atoms with Gasteiger partial charge in [0.15, 0.2) is 37.7 Å². The minimum absolute atomic E-state index is 0.118. The summed E-state index contributed by atoms with van der Waals surface area (Å²) in [5, 5.41) is 0. The fourth-order valence-electron chi connectivity index (χ4n) is 13.3. The minimum Gasteiger partial charge on any atom is -0.497 e. The number of methoxy groups -OCH3 is 1. The second kappa shape index (κ2) is 30.2. The predicted octanol–water partition coefficient (Wildman–Crippen LogP) is 12.0. The molecule has 7 aromatic carbocycles. The van der Waals surface area contributed by atoms with Crippen molar-refractivity contribution in [3.63, 3.8) is 0 Å². The number of hydrogen-bond donors (Lipinski definition) is 0. The van der Waals surface area contributed by atoms with E-state index in [1.165, 1.54) is 0 Å². The normalized spacial score (nSPS) is 32.6. The minimum atomic E-state index is -1.29. The molecule has 17 heteroatoms. The third-order valence-corrected chi connectivity index (χ3v) is 18.0. The van der Waals surface area contributed by atoms with Gasteiger partial charge in [0.05, 0.1) is 59.5 Å². The Kier molecular flexibility index (Phi) is 20.6. The summed E-state index contributed by atoms with van der Waals surface area (Å²) >= 11 is 0. The van der Waals surface area contributed by atoms with Crippen molar-refractivity contribution in [1.82, 2.24) is 0 Å². The molecule has 0 aromatic heterocycles. The molecule has 478 valence electrons. The highest BCUT2D eigenvalue weighted by molar-refractivity contribution is 5.27. The standard InChI is InChI=1S/C74H80O17/c1-75-55-39-37-51(38-40-55)44-79-66-63(76-41-48-23-9-2-10-24-48)60-57(45-80-69(87-60)52-29-15-5-16-30-52)84-72(66)90-68-65(78-43-50-27-13-4-14-28-50)62-59(47-82-71(89-62)54-33-19-7-20-34-54)86-74(68)91-67-64(77-42-49-25-11-3-12-26-49)61-58(85-73(67)83-56-35-21-8-22-36-56)46-81-70(88-61)53-31-17-6-18-32-53/h2-7,9-20,23-34,37-40,56-74H,8,21-22,35-36,41-47H2,1H3/t57-,58-,59-,60-,61-,62-,63+,64+,65+,66+,67+,68+,69?,70?,71?,72+,73-,74+/m1/s1. The summed E-state index contributed by atoms with van der Waals surface area (Å²) < 4.78 is 120. The highest BCUT2D eigenvalue weighted by atomic mass is 16.8. The molecule has 6 aliphatic heterocycles. The van der Waals surface area contributed by atoms with E-state index in [1.807, 2.05) is 206 Å². The maximum atomic E-state index is 7.76. The van der Waals surface area contributed by atoms with Crippen molar-refractivity contribution in [1.29, 1.82) is 0 Å². The maximum absolute atomic E-state index is 7.76. The molecule has 91 heavy (non-hydrogen) atoms. The van der Waals surface area contributed by atoms with Crippen molar-refractivity contribution in [3.8, 4) is 5.75 Å². The van der Waals surface area contributed by atoms with Crippen LogP contribution in [0.5, 0.6) is 5.75 Å². The first kappa shape index (κ1) is 62.2. The number of hydrogen-bond acceptors (Lipinski definition) is 17. The Labute approximate surface area is 531 Å². The first-order chi connectivity index (χ1) is 45.0. The third kappa shape index (κ3) is 15.0. The lowest BCUT2D eigenvalue weighted by Gasteiger charge is -2.54. The fraction of sp³-hybridized carbons (Fsp3) is 0.432. The maximum Gasteiger partial charge on any atom is 0.187 e. The van der Waals surface area contributed by atoms with Crippen molar-refractivity contribution >= 4 is 0 Å². The van der Waals surface area contributed by atoms with Crippen molar-refractivity contribution in [2.45, 2.75) is 176 Å². The van der Waals surface area contributed by atoms with Crippen LogP contribution in [0.1, 0.15) is 89.9 Å². The van der Waals surface area contributed by atoms with Crippen LogP contribution in [-0.4, -0.2) is 125 Å². The number of benzene rings is 7. The first-order valence-electron chi connectivity index (χ1n) is 32.1. The summed E-state index contributed by atoms with van der Waals surface area (Å²) in [6.45, 7) is 1.20. The molecule has 7 aromatic rings. The van der Waals surface area contributed by atoms with Gasteiger partial charge in [-0.25, -0.2) is 0 Å². The summed E-state index contributed by atoms with van der Waals surface area (Å²) in [4.78, 5) is 0. The van der Waals surface area contributed by atoms with E-state index in [2.05, 4.69) is 0 Å². The summed E-state index contributed by atoms with van der Waals surface area (Å²) in [6, 6.07) is 67.5. The molecule has 14 rings (SSSR count). The van der Waals surface area contributed by atoms with Crippen LogP contribution in [0, 0.1) is 0 Å². The summed E-state index contributed by atoms with van der Waals surface area (Å²) in [6.07, 6.45) is -11.0. The van der Waals surface area contributed by atoms with E-state index in [4.69, 9.17) is 80.5 Å². The highest BCUT2D eigenvalue weighted by Gasteiger charge is 2.60. The molecule has 7 fully saturated rings. The van der Waals surface area contributed by atoms with Gasteiger partial charge in [-0.15, -0.1) is 0 Å². The Morgan fingerprint density at radius 1 is 0.319 bits per heavy atom. The van der Waals surface area contributed by atoms with Gasteiger partial charge in [-0.1, -0.05) is 213 Å². The van der Waals surface area contributed by atoms with Gasteiger partial charge in [-0.05, 0) is 47.2 Å². The monoisotopic (exact) mass is 1240 g/mol. The van der Waals surface area contributed by atoms with Crippen LogP contribution in [0.2, 0.25) is 0 Å². The zero-order chi connectivity index (χ0) is 61.1. The van der Waals surface area contributed by atoms with E-state index in [0.29, 0.717) is 5.75 Å². The smallest absolute Gasteiger partial charge is 0.187 e. The fourth-order valence-corrected chi connectivity index (χ4v) is 13.3. The van der Waals surface area contributed by atoms with Crippen LogP contribution in [0.3, 0.4) is 0 Å². The molecule has 18 atom stereocenters. The van der Waals surface area contributed by atoms with E-state index in [1.54, 1.807) is 7.11 Å². The second-order valence-corrected chi connectivity index (χ2v) is 24.2. The van der Waals surface area contributed by atoms with Crippen LogP contribution < -0.4 is 4.74 Å². The van der Waals surface area contributed by atoms with Gasteiger partial charge < -0.3 is 80.5 Å². The molecule has 0 bridgehead atoms. The van der Waals surface area contributed by atoms with Gasteiger partial charge in [0.1, 0.15) is 79.0 Å². The van der Waals surface area contributed by atoms with Gasteiger partial charge in [0.25, 0.3) is 0 Å². The largest absolute Gasteiger partial charge is 0.497 e. The molecule has 7 aliphatic rings. The quantitative estimate of drug-likeness (QED) is 0.0631. The second-order valence-electron chi connectivity index (χ2n) is 24.2. The Morgan fingerprint density at radius 3 is 1.01 bits per heavy atom. The molecule has 17 nitrogen and oxygen atoms in total. The van der Waals surface area contributed by atoms with Crippen LogP contribution >= 0.6 is 0 Å². The van der Waals surface area contributed by atoms with Gasteiger partial charge in [-0.2, -0.15) is 0 Å². The van der Waals surface area contributed by atoms with E-state index in [0.717, 1.165) is 71.0 Å². The lowest BCUT2D eigenvalue weighted by molar-refractivity contribution is -0.432. The van der Waals surface area contributed by atoms with Crippen LogP contribution in [0.4, 0.5) is 0 Å². The predicted molar refractivity (Wildman–Crippen MR) is 330 cm³/mol. The lowest BCUT2D eigenvalue weighted by atomic mass is 9.94. The van der Waals surface area contributed by atoms with Gasteiger partial charge in [0, 0.05) is 16.7 Å². The van der Waals surface area contributed by atoms with Gasteiger partial charge >= 0.3 is 0 Å². The Morgan fingerprint density at radius 2 is 0.637 bits per heavy atom. The van der Waals surface area contributed by atoms with E-state index < -0.39 is 111 Å². The van der Waals surface area contributed by atoms with Crippen LogP contribution in [-0.2, 0) is 102 Å². The molecule has 0 radical (unpaired) electrons. The molecule has 1 aliphatic carbocycles. The van der Waals surface area contributed by atoms with Crippen molar-refractivity contribution < 1.29 is 80.5 Å². The SMILES string of the molecule is COc1ccc(CO[C@@H]2[C@H](O[C@@H]3[C@H](O[C@@H]4[C@H](OC5CCCCC5)O[C@@H]5COC(c6ccccc6)O[C@H]5[C@@H]4OCc4ccccc4)O[C@@H]4COC(c5ccccc5)O[C@H]4[C@@H]3OCc3ccccc3)O[C@@H]3COC(c4ccccc4)O[C@H]3[C@@H]2OCc2ccccc2)cc1. The zero-order valence-corrected chi connectivity index (χ0v) is 51.0. The molecular weight excluding hydrogens is 1160 g/mol. The molecule has 3 unspecified atom stereocenters. The molecule has 6 heterocycles. The number of fused-ring (bicyclic) bond motifs is 3. The van der Waals surface area contributed by atoms with Gasteiger partial charge in [-0.3, -0.25) is 0 Å². The van der Waals surface area contributed by atoms with Crippen molar-refractivity contribution in [2.24, 2.45) is 0 Å². The Hall–Kier alpha value is -6.30. The number of ether oxygens (including phenoxy) is 17. The van der Waals surface area contributed by atoms with E-state index in [-0.39, 0.29) is 52.4 Å². The third-order valence-electron chi connectivity index (χ3n) is 18.0. The van der Waals surface area contributed by atoms with Crippen LogP contribution in [0.15, 0.2) is 206 Å². The molecule has 0 spiro atoms. The van der Waals surface area contributed by atoms with Gasteiger partial charge in [0.2, 0.25) is 0 Å². The van der Waals surface area contributed by atoms with E-state index in [9.17, 15) is 0 Å². The van der Waals surface area contributed by atoms with Crippen LogP contribution in [0.25, 0.3) is 0 Å². The molecule has 0 amide bonds. The van der Waals surface area contributed by atoms with E-state index >= 15 is 0 Å². The average Bonchev–Trinajstić information content (AvgIpc) is 0.968. The molecule has 0 N–H and O–H groups in total. The zero-order valence-electron chi connectivity index (χ0n) is 51.0. The first-order valence-corrected chi connectivity index (χ1v) is 32.1. The Bertz CT molecular complexity index is 3280. The highest BCUT2D eigenvalue weighted by Crippen LogP contribution is 2.45. The Balaban J connectivity index is 0.877. The van der Waals surface area contributed by atoms with Crippen molar-refractivity contribution in [2.75, 3.05) is 26.9 Å². The molecule has 6 saturated heterocycles. The topological polar surface area (TPSA) is 157 Å².